The summed E-state index contributed by atoms with van der Waals surface area (Å²) in [6.07, 6.45) is 0. The molecule has 25 heavy (non-hydrogen) atoms. The van der Waals surface area contributed by atoms with E-state index in [1.165, 1.54) is 0 Å². The number of aryl methyl sites for hydroxylation is 1. The summed E-state index contributed by atoms with van der Waals surface area (Å²) in [5, 5.41) is 8.54. The highest BCUT2D eigenvalue weighted by Crippen LogP contribution is 2.12. The largest absolute Gasteiger partial charge is 0.346 e. The molecule has 0 atom stereocenters. The number of carbonyl (C=O) groups excluding carboxylic acids is 2. The second-order valence-corrected chi connectivity index (χ2v) is 6.50. The van der Waals surface area contributed by atoms with Crippen LogP contribution in [0.4, 0.5) is 5.69 Å². The molecule has 1 heterocycles. The van der Waals surface area contributed by atoms with Crippen molar-refractivity contribution in [2.75, 3.05) is 5.32 Å². The fourth-order valence-electron chi connectivity index (χ4n) is 2.26. The number of nitrogens with zero attached hydrogens (tertiary/aromatic N) is 1. The highest BCUT2D eigenvalue weighted by molar-refractivity contribution is 7.09. The van der Waals surface area contributed by atoms with Gasteiger partial charge in [0.2, 0.25) is 0 Å². The van der Waals surface area contributed by atoms with E-state index < -0.39 is 0 Å². The van der Waals surface area contributed by atoms with E-state index in [1.807, 2.05) is 30.5 Å². The lowest BCUT2D eigenvalue weighted by Crippen LogP contribution is -2.23. The molecule has 0 aliphatic carbocycles. The first-order chi connectivity index (χ1) is 12.1. The SMILES string of the molecule is Cc1nc(CNC(=O)c2ccc(NC(=O)c3ccccc3)cc2)cs1. The van der Waals surface area contributed by atoms with Gasteiger partial charge in [0.25, 0.3) is 11.8 Å². The molecular weight excluding hydrogens is 334 g/mol. The summed E-state index contributed by atoms with van der Waals surface area (Å²) < 4.78 is 0. The van der Waals surface area contributed by atoms with Gasteiger partial charge in [-0.05, 0) is 43.3 Å². The van der Waals surface area contributed by atoms with Crippen LogP contribution in [0.1, 0.15) is 31.4 Å². The Morgan fingerprint density at radius 3 is 2.28 bits per heavy atom. The minimum Gasteiger partial charge on any atom is -0.346 e. The smallest absolute Gasteiger partial charge is 0.255 e. The van der Waals surface area contributed by atoms with Crippen LogP contribution in [-0.4, -0.2) is 16.8 Å². The molecule has 126 valence electrons. The van der Waals surface area contributed by atoms with Crippen LogP contribution >= 0.6 is 11.3 Å². The normalized spacial score (nSPS) is 10.3. The van der Waals surface area contributed by atoms with Gasteiger partial charge in [0.05, 0.1) is 17.2 Å². The number of aromatic nitrogens is 1. The second kappa shape index (κ2) is 7.72. The molecular formula is C19H17N3O2S. The number of hydrogen-bond acceptors (Lipinski definition) is 4. The molecule has 5 nitrogen and oxygen atoms in total. The van der Waals surface area contributed by atoms with Crippen molar-refractivity contribution < 1.29 is 9.59 Å². The molecule has 2 N–H and O–H groups in total. The lowest BCUT2D eigenvalue weighted by atomic mass is 10.1. The summed E-state index contributed by atoms with van der Waals surface area (Å²) in [5.41, 5.74) is 2.61. The number of thiazole rings is 1. The number of anilines is 1. The molecule has 1 aromatic heterocycles. The van der Waals surface area contributed by atoms with Gasteiger partial charge in [0, 0.05) is 22.2 Å². The van der Waals surface area contributed by atoms with Gasteiger partial charge in [-0.2, -0.15) is 0 Å². The van der Waals surface area contributed by atoms with Crippen molar-refractivity contribution in [3.8, 4) is 0 Å². The Morgan fingerprint density at radius 2 is 1.64 bits per heavy atom. The quantitative estimate of drug-likeness (QED) is 0.737. The summed E-state index contributed by atoms with van der Waals surface area (Å²) in [6.45, 7) is 2.33. The van der Waals surface area contributed by atoms with Crippen LogP contribution in [0.15, 0.2) is 60.0 Å². The first-order valence-corrected chi connectivity index (χ1v) is 8.65. The van der Waals surface area contributed by atoms with Crippen LogP contribution in [0, 0.1) is 6.92 Å². The van der Waals surface area contributed by atoms with Crippen LogP contribution in [-0.2, 0) is 6.54 Å². The molecule has 6 heteroatoms. The van der Waals surface area contributed by atoms with Gasteiger partial charge >= 0.3 is 0 Å². The maximum atomic E-state index is 12.2. The predicted molar refractivity (Wildman–Crippen MR) is 98.9 cm³/mol. The summed E-state index contributed by atoms with van der Waals surface area (Å²) in [6, 6.07) is 15.8. The molecule has 3 rings (SSSR count). The van der Waals surface area contributed by atoms with Crippen LogP contribution in [0.25, 0.3) is 0 Å². The Morgan fingerprint density at radius 1 is 0.960 bits per heavy atom. The molecule has 0 fully saturated rings. The van der Waals surface area contributed by atoms with Gasteiger partial charge in [-0.3, -0.25) is 9.59 Å². The maximum absolute atomic E-state index is 12.2. The van der Waals surface area contributed by atoms with E-state index in [4.69, 9.17) is 0 Å². The van der Waals surface area contributed by atoms with Crippen LogP contribution in [0.2, 0.25) is 0 Å². The van der Waals surface area contributed by atoms with Crippen molar-refractivity contribution >= 4 is 28.8 Å². The highest BCUT2D eigenvalue weighted by atomic mass is 32.1. The molecule has 0 saturated carbocycles. The molecule has 3 aromatic rings. The van der Waals surface area contributed by atoms with Gasteiger partial charge in [-0.15, -0.1) is 11.3 Å². The Bertz CT molecular complexity index is 873. The lowest BCUT2D eigenvalue weighted by Gasteiger charge is -2.07. The minimum absolute atomic E-state index is 0.174. The Kier molecular flexibility index (Phi) is 5.20. The minimum atomic E-state index is -0.184. The van der Waals surface area contributed by atoms with Crippen molar-refractivity contribution in [1.82, 2.24) is 10.3 Å². The third-order valence-corrected chi connectivity index (χ3v) is 4.36. The van der Waals surface area contributed by atoms with Crippen molar-refractivity contribution in [3.63, 3.8) is 0 Å². The first kappa shape index (κ1) is 16.9. The summed E-state index contributed by atoms with van der Waals surface area (Å²) in [5.74, 6) is -0.358. The second-order valence-electron chi connectivity index (χ2n) is 5.44. The fraction of sp³-hybridized carbons (Fsp3) is 0.105. The standard InChI is InChI=1S/C19H17N3O2S/c1-13-21-17(12-25-13)11-20-18(23)15-7-9-16(10-8-15)22-19(24)14-5-3-2-4-6-14/h2-10,12H,11H2,1H3,(H,20,23)(H,22,24). The molecule has 0 unspecified atom stereocenters. The van der Waals surface area contributed by atoms with E-state index in [-0.39, 0.29) is 11.8 Å². The number of benzene rings is 2. The topological polar surface area (TPSA) is 71.1 Å². The Balaban J connectivity index is 1.58. The average molecular weight is 351 g/mol. The van der Waals surface area contributed by atoms with E-state index in [0.717, 1.165) is 10.7 Å². The molecule has 2 aromatic carbocycles. The van der Waals surface area contributed by atoms with Crippen molar-refractivity contribution in [3.05, 3.63) is 81.8 Å². The Labute approximate surface area is 149 Å². The van der Waals surface area contributed by atoms with Crippen LogP contribution in [0.5, 0.6) is 0 Å². The number of amides is 2. The summed E-state index contributed by atoms with van der Waals surface area (Å²) in [4.78, 5) is 28.6. The average Bonchev–Trinajstić information content (AvgIpc) is 3.06. The zero-order valence-electron chi connectivity index (χ0n) is 13.7. The van der Waals surface area contributed by atoms with E-state index in [9.17, 15) is 9.59 Å². The van der Waals surface area contributed by atoms with E-state index in [0.29, 0.717) is 23.4 Å². The number of nitrogens with one attached hydrogen (secondary N) is 2. The molecule has 0 bridgehead atoms. The zero-order chi connectivity index (χ0) is 17.6. The first-order valence-electron chi connectivity index (χ1n) is 7.77. The molecule has 0 saturated heterocycles. The molecule has 0 radical (unpaired) electrons. The van der Waals surface area contributed by atoms with E-state index in [1.54, 1.807) is 47.7 Å². The Hall–Kier alpha value is -2.99. The molecule has 0 spiro atoms. The predicted octanol–water partition coefficient (Wildman–Crippen LogP) is 3.63. The van der Waals surface area contributed by atoms with Crippen LogP contribution < -0.4 is 10.6 Å². The number of carbonyl (C=O) groups is 2. The van der Waals surface area contributed by atoms with Crippen molar-refractivity contribution in [2.24, 2.45) is 0 Å². The third kappa shape index (κ3) is 4.51. The van der Waals surface area contributed by atoms with Crippen LogP contribution in [0.3, 0.4) is 0 Å². The van der Waals surface area contributed by atoms with Crippen molar-refractivity contribution in [1.29, 1.82) is 0 Å². The van der Waals surface area contributed by atoms with E-state index in [2.05, 4.69) is 15.6 Å². The lowest BCUT2D eigenvalue weighted by molar-refractivity contribution is 0.0950. The summed E-state index contributed by atoms with van der Waals surface area (Å²) in [7, 11) is 0. The summed E-state index contributed by atoms with van der Waals surface area (Å²) >= 11 is 1.56. The van der Waals surface area contributed by atoms with Gasteiger partial charge in [-0.1, -0.05) is 18.2 Å². The van der Waals surface area contributed by atoms with Gasteiger partial charge in [-0.25, -0.2) is 4.98 Å². The fourth-order valence-corrected chi connectivity index (χ4v) is 2.87. The molecule has 0 aliphatic rings. The number of rotatable bonds is 5. The van der Waals surface area contributed by atoms with Gasteiger partial charge in [0.1, 0.15) is 0 Å². The molecule has 2 amide bonds. The maximum Gasteiger partial charge on any atom is 0.255 e. The van der Waals surface area contributed by atoms with Gasteiger partial charge < -0.3 is 10.6 Å². The zero-order valence-corrected chi connectivity index (χ0v) is 14.5. The van der Waals surface area contributed by atoms with Gasteiger partial charge in [0.15, 0.2) is 0 Å². The molecule has 0 aliphatic heterocycles. The highest BCUT2D eigenvalue weighted by Gasteiger charge is 2.08. The monoisotopic (exact) mass is 351 g/mol. The third-order valence-electron chi connectivity index (χ3n) is 3.54. The number of hydrogen-bond donors (Lipinski definition) is 2. The van der Waals surface area contributed by atoms with E-state index >= 15 is 0 Å². The van der Waals surface area contributed by atoms with Crippen molar-refractivity contribution in [2.45, 2.75) is 13.5 Å².